The molecule has 1 N–H and O–H groups in total. The van der Waals surface area contributed by atoms with Crippen LogP contribution in [0.3, 0.4) is 0 Å². The molecule has 3 heterocycles. The zero-order valence-electron chi connectivity index (χ0n) is 14.1. The SMILES string of the molecule is O=C(Cc1cccc2c1CCCCC2)NC12CCN(CC1)CC2. The van der Waals surface area contributed by atoms with Crippen molar-refractivity contribution in [1.82, 2.24) is 10.2 Å². The molecule has 3 fully saturated rings. The third kappa shape index (κ3) is 3.16. The number of hydrogen-bond donors (Lipinski definition) is 1. The lowest BCUT2D eigenvalue weighted by Crippen LogP contribution is -2.61. The maximum atomic E-state index is 12.7. The van der Waals surface area contributed by atoms with Crippen molar-refractivity contribution in [2.75, 3.05) is 19.6 Å². The summed E-state index contributed by atoms with van der Waals surface area (Å²) in [5.74, 6) is 0.234. The minimum atomic E-state index is 0.0948. The van der Waals surface area contributed by atoms with Crippen molar-refractivity contribution in [2.45, 2.75) is 63.3 Å². The monoisotopic (exact) mass is 312 g/mol. The summed E-state index contributed by atoms with van der Waals surface area (Å²) in [7, 11) is 0. The molecule has 3 aliphatic heterocycles. The lowest BCUT2D eigenvalue weighted by atomic mass is 9.80. The number of fused-ring (bicyclic) bond motifs is 4. The van der Waals surface area contributed by atoms with Crippen molar-refractivity contribution in [3.05, 3.63) is 34.9 Å². The van der Waals surface area contributed by atoms with Gasteiger partial charge in [0.05, 0.1) is 6.42 Å². The Balaban J connectivity index is 1.46. The summed E-state index contributed by atoms with van der Waals surface area (Å²) < 4.78 is 0. The molecular formula is C20H28N2O. The van der Waals surface area contributed by atoms with Gasteiger partial charge >= 0.3 is 0 Å². The zero-order valence-corrected chi connectivity index (χ0v) is 14.1. The summed E-state index contributed by atoms with van der Waals surface area (Å²) in [6.45, 7) is 3.46. The molecule has 2 bridgehead atoms. The lowest BCUT2D eigenvalue weighted by Gasteiger charge is -2.48. The van der Waals surface area contributed by atoms with Crippen molar-refractivity contribution in [3.8, 4) is 0 Å². The van der Waals surface area contributed by atoms with Gasteiger partial charge in [-0.1, -0.05) is 24.6 Å². The van der Waals surface area contributed by atoms with Crippen molar-refractivity contribution in [3.63, 3.8) is 0 Å². The molecule has 1 aromatic carbocycles. The van der Waals surface area contributed by atoms with Crippen LogP contribution in [-0.4, -0.2) is 36.0 Å². The summed E-state index contributed by atoms with van der Waals surface area (Å²) in [5, 5.41) is 3.43. The first-order chi connectivity index (χ1) is 11.2. The Kier molecular flexibility index (Phi) is 4.14. The van der Waals surface area contributed by atoms with E-state index in [9.17, 15) is 4.79 Å². The van der Waals surface area contributed by atoms with Crippen LogP contribution in [0.25, 0.3) is 0 Å². The molecule has 124 valence electrons. The van der Waals surface area contributed by atoms with Crippen LogP contribution in [0.4, 0.5) is 0 Å². The average molecular weight is 312 g/mol. The van der Waals surface area contributed by atoms with E-state index in [2.05, 4.69) is 28.4 Å². The predicted octanol–water partition coefficient (Wildman–Crippen LogP) is 2.85. The van der Waals surface area contributed by atoms with Crippen LogP contribution in [0.2, 0.25) is 0 Å². The van der Waals surface area contributed by atoms with E-state index in [1.54, 1.807) is 0 Å². The van der Waals surface area contributed by atoms with Crippen LogP contribution in [-0.2, 0) is 24.1 Å². The Morgan fingerprint density at radius 3 is 2.57 bits per heavy atom. The van der Waals surface area contributed by atoms with E-state index in [1.807, 2.05) is 0 Å². The van der Waals surface area contributed by atoms with Crippen LogP contribution < -0.4 is 5.32 Å². The molecule has 4 aliphatic rings. The number of nitrogens with one attached hydrogen (secondary N) is 1. The second-order valence-corrected chi connectivity index (χ2v) is 7.71. The molecule has 0 aromatic heterocycles. The molecular weight excluding hydrogens is 284 g/mol. The Morgan fingerprint density at radius 2 is 1.78 bits per heavy atom. The van der Waals surface area contributed by atoms with E-state index in [0.717, 1.165) is 45.3 Å². The number of rotatable bonds is 3. The van der Waals surface area contributed by atoms with Crippen molar-refractivity contribution >= 4 is 5.91 Å². The number of carbonyl (C=O) groups excluding carboxylic acids is 1. The Morgan fingerprint density at radius 1 is 1.04 bits per heavy atom. The summed E-state index contributed by atoms with van der Waals surface area (Å²) in [5.41, 5.74) is 4.32. The van der Waals surface area contributed by atoms with Crippen LogP contribution >= 0.6 is 0 Å². The normalized spacial score (nSPS) is 29.7. The zero-order chi connectivity index (χ0) is 15.7. The van der Waals surface area contributed by atoms with Crippen molar-refractivity contribution in [2.24, 2.45) is 0 Å². The highest BCUT2D eigenvalue weighted by molar-refractivity contribution is 5.80. The van der Waals surface area contributed by atoms with E-state index in [1.165, 1.54) is 42.4 Å². The number of carbonyl (C=O) groups is 1. The number of benzene rings is 1. The third-order valence-corrected chi connectivity index (χ3v) is 6.22. The molecule has 1 amide bonds. The third-order valence-electron chi connectivity index (χ3n) is 6.22. The number of amides is 1. The Bertz CT molecular complexity index is 574. The molecule has 0 spiro atoms. The molecule has 23 heavy (non-hydrogen) atoms. The highest BCUT2D eigenvalue weighted by atomic mass is 16.1. The molecule has 3 nitrogen and oxygen atoms in total. The second kappa shape index (κ2) is 6.27. The van der Waals surface area contributed by atoms with Gasteiger partial charge in [-0.3, -0.25) is 4.79 Å². The van der Waals surface area contributed by atoms with E-state index in [-0.39, 0.29) is 11.4 Å². The van der Waals surface area contributed by atoms with Crippen molar-refractivity contribution in [1.29, 1.82) is 0 Å². The Hall–Kier alpha value is -1.35. The first-order valence-corrected chi connectivity index (χ1v) is 9.37. The molecule has 5 rings (SSSR count). The molecule has 0 radical (unpaired) electrons. The molecule has 0 saturated carbocycles. The minimum absolute atomic E-state index is 0.0948. The highest BCUT2D eigenvalue weighted by Gasteiger charge is 2.40. The van der Waals surface area contributed by atoms with Crippen LogP contribution in [0.1, 0.15) is 55.2 Å². The summed E-state index contributed by atoms with van der Waals surface area (Å²) in [6.07, 6.45) is 10.2. The fraction of sp³-hybridized carbons (Fsp3) is 0.650. The maximum absolute atomic E-state index is 12.7. The molecule has 1 aliphatic carbocycles. The predicted molar refractivity (Wildman–Crippen MR) is 92.6 cm³/mol. The summed E-state index contributed by atoms with van der Waals surface area (Å²) >= 11 is 0. The summed E-state index contributed by atoms with van der Waals surface area (Å²) in [6, 6.07) is 6.58. The summed E-state index contributed by atoms with van der Waals surface area (Å²) in [4.78, 5) is 15.2. The largest absolute Gasteiger partial charge is 0.350 e. The number of nitrogens with zero attached hydrogens (tertiary/aromatic N) is 1. The van der Waals surface area contributed by atoms with E-state index < -0.39 is 0 Å². The Labute approximate surface area is 139 Å². The minimum Gasteiger partial charge on any atom is -0.350 e. The lowest BCUT2D eigenvalue weighted by molar-refractivity contribution is -0.124. The van der Waals surface area contributed by atoms with Gasteiger partial charge < -0.3 is 10.2 Å². The van der Waals surface area contributed by atoms with Crippen LogP contribution in [0.5, 0.6) is 0 Å². The highest BCUT2D eigenvalue weighted by Crippen LogP contribution is 2.32. The topological polar surface area (TPSA) is 32.3 Å². The van der Waals surface area contributed by atoms with E-state index >= 15 is 0 Å². The standard InChI is InChI=1S/C20H28N2O/c23-19(21-20-9-12-22(13-10-20)14-11-20)15-17-7-4-6-16-5-2-1-3-8-18(16)17/h4,6-7H,1-3,5,8-15H2,(H,21,23). The molecule has 3 saturated heterocycles. The molecule has 0 atom stereocenters. The maximum Gasteiger partial charge on any atom is 0.224 e. The van der Waals surface area contributed by atoms with Gasteiger partial charge in [-0.05, 0) is 61.6 Å². The van der Waals surface area contributed by atoms with E-state index in [0.29, 0.717) is 6.42 Å². The number of hydrogen-bond acceptors (Lipinski definition) is 2. The van der Waals surface area contributed by atoms with Gasteiger partial charge in [-0.2, -0.15) is 0 Å². The fourth-order valence-corrected chi connectivity index (χ4v) is 4.73. The van der Waals surface area contributed by atoms with Gasteiger partial charge in [0.2, 0.25) is 5.91 Å². The molecule has 0 unspecified atom stereocenters. The molecule has 1 aromatic rings. The van der Waals surface area contributed by atoms with E-state index in [4.69, 9.17) is 0 Å². The van der Waals surface area contributed by atoms with Gasteiger partial charge in [-0.15, -0.1) is 0 Å². The van der Waals surface area contributed by atoms with Gasteiger partial charge in [0.1, 0.15) is 0 Å². The van der Waals surface area contributed by atoms with Crippen molar-refractivity contribution < 1.29 is 4.79 Å². The number of piperidine rings is 3. The fourth-order valence-electron chi connectivity index (χ4n) is 4.73. The molecule has 3 heteroatoms. The van der Waals surface area contributed by atoms with Gasteiger partial charge in [0.15, 0.2) is 0 Å². The first kappa shape index (κ1) is 15.2. The van der Waals surface area contributed by atoms with Gasteiger partial charge in [0, 0.05) is 25.2 Å². The quantitative estimate of drug-likeness (QED) is 0.871. The average Bonchev–Trinajstić information content (AvgIpc) is 2.82. The van der Waals surface area contributed by atoms with Gasteiger partial charge in [0.25, 0.3) is 0 Å². The van der Waals surface area contributed by atoms with Crippen LogP contribution in [0, 0.1) is 0 Å². The first-order valence-electron chi connectivity index (χ1n) is 9.37. The van der Waals surface area contributed by atoms with Crippen LogP contribution in [0.15, 0.2) is 18.2 Å². The smallest absolute Gasteiger partial charge is 0.224 e. The second-order valence-electron chi connectivity index (χ2n) is 7.71. The van der Waals surface area contributed by atoms with Gasteiger partial charge in [-0.25, -0.2) is 0 Å². The number of aryl methyl sites for hydroxylation is 1.